The summed E-state index contributed by atoms with van der Waals surface area (Å²) in [7, 11) is 0. The molecule has 0 radical (unpaired) electrons. The molecule has 1 aliphatic heterocycles. The quantitative estimate of drug-likeness (QED) is 0.625. The van der Waals surface area contributed by atoms with Gasteiger partial charge in [-0.2, -0.15) is 23.4 Å². The van der Waals surface area contributed by atoms with Gasteiger partial charge < -0.3 is 9.64 Å². The second-order valence-electron chi connectivity index (χ2n) is 8.06. The fourth-order valence-electron chi connectivity index (χ4n) is 3.86. The first-order valence-corrected chi connectivity index (χ1v) is 10.4. The van der Waals surface area contributed by atoms with Gasteiger partial charge in [0.25, 0.3) is 0 Å². The lowest BCUT2D eigenvalue weighted by Crippen LogP contribution is -2.34. The van der Waals surface area contributed by atoms with Crippen molar-refractivity contribution in [2.45, 2.75) is 45.7 Å². The van der Waals surface area contributed by atoms with Crippen molar-refractivity contribution < 1.29 is 17.9 Å². The molecule has 9 heteroatoms. The van der Waals surface area contributed by atoms with Crippen LogP contribution < -0.4 is 9.64 Å². The molecule has 3 rings (SSSR count). The predicted octanol–water partition coefficient (Wildman–Crippen LogP) is 4.78. The minimum atomic E-state index is -4.36. The number of pyridine rings is 1. The third-order valence-electron chi connectivity index (χ3n) is 5.54. The SMILES string of the molecule is Cc1nc(C#N)cc(OCCC(C)CC2CCN(c3ccc(C(F)(F)F)cn3)CC2)n1. The number of rotatable bonds is 7. The first kappa shape index (κ1) is 22.8. The minimum Gasteiger partial charge on any atom is -0.478 e. The van der Waals surface area contributed by atoms with E-state index in [0.717, 1.165) is 51.0 Å². The summed E-state index contributed by atoms with van der Waals surface area (Å²) in [5.41, 5.74) is -0.423. The lowest BCUT2D eigenvalue weighted by Gasteiger charge is -2.34. The summed E-state index contributed by atoms with van der Waals surface area (Å²) < 4.78 is 43.8. The molecule has 31 heavy (non-hydrogen) atoms. The Morgan fingerprint density at radius 1 is 1.26 bits per heavy atom. The number of hydrogen-bond donors (Lipinski definition) is 0. The van der Waals surface area contributed by atoms with Crippen molar-refractivity contribution in [3.05, 3.63) is 41.5 Å². The molecule has 1 fully saturated rings. The number of hydrogen-bond acceptors (Lipinski definition) is 6. The second-order valence-corrected chi connectivity index (χ2v) is 8.06. The van der Waals surface area contributed by atoms with E-state index in [4.69, 9.17) is 10.00 Å². The van der Waals surface area contributed by atoms with E-state index in [-0.39, 0.29) is 0 Å². The number of aryl methyl sites for hydroxylation is 1. The van der Waals surface area contributed by atoms with E-state index in [2.05, 4.69) is 26.8 Å². The number of anilines is 1. The molecule has 1 atom stereocenters. The lowest BCUT2D eigenvalue weighted by molar-refractivity contribution is -0.137. The van der Waals surface area contributed by atoms with Crippen LogP contribution in [0.5, 0.6) is 5.88 Å². The molecular weight excluding hydrogens is 407 g/mol. The van der Waals surface area contributed by atoms with Crippen LogP contribution >= 0.6 is 0 Å². The summed E-state index contributed by atoms with van der Waals surface area (Å²) in [5, 5.41) is 8.97. The van der Waals surface area contributed by atoms with E-state index in [1.807, 2.05) is 6.07 Å². The van der Waals surface area contributed by atoms with Gasteiger partial charge in [-0.3, -0.25) is 0 Å². The molecule has 0 spiro atoms. The lowest BCUT2D eigenvalue weighted by atomic mass is 9.87. The number of nitrogens with zero attached hydrogens (tertiary/aromatic N) is 5. The van der Waals surface area contributed by atoms with Crippen LogP contribution in [0.15, 0.2) is 24.4 Å². The Morgan fingerprint density at radius 3 is 2.61 bits per heavy atom. The zero-order chi connectivity index (χ0) is 22.4. The van der Waals surface area contributed by atoms with Gasteiger partial charge in [0.15, 0.2) is 0 Å². The van der Waals surface area contributed by atoms with E-state index >= 15 is 0 Å². The second kappa shape index (κ2) is 9.94. The van der Waals surface area contributed by atoms with Crippen LogP contribution in [0.25, 0.3) is 0 Å². The van der Waals surface area contributed by atoms with E-state index in [1.165, 1.54) is 6.07 Å². The van der Waals surface area contributed by atoms with Gasteiger partial charge in [0.2, 0.25) is 5.88 Å². The fraction of sp³-hybridized carbons (Fsp3) is 0.545. The summed E-state index contributed by atoms with van der Waals surface area (Å²) in [6.45, 7) is 6.03. The number of piperidine rings is 1. The normalized spacial score (nSPS) is 16.1. The molecule has 1 aliphatic rings. The molecule has 0 bridgehead atoms. The maximum atomic E-state index is 12.7. The molecule has 0 aliphatic carbocycles. The van der Waals surface area contributed by atoms with Gasteiger partial charge in [0.05, 0.1) is 12.2 Å². The van der Waals surface area contributed by atoms with Gasteiger partial charge in [0.1, 0.15) is 23.4 Å². The van der Waals surface area contributed by atoms with Crippen LogP contribution in [0, 0.1) is 30.1 Å². The van der Waals surface area contributed by atoms with Gasteiger partial charge in [-0.1, -0.05) is 6.92 Å². The van der Waals surface area contributed by atoms with Crippen LogP contribution in [-0.4, -0.2) is 34.6 Å². The highest BCUT2D eigenvalue weighted by Gasteiger charge is 2.31. The Kier molecular flexibility index (Phi) is 7.31. The predicted molar refractivity (Wildman–Crippen MR) is 110 cm³/mol. The summed E-state index contributed by atoms with van der Waals surface area (Å²) >= 11 is 0. The fourth-order valence-corrected chi connectivity index (χ4v) is 3.86. The Bertz CT molecular complexity index is 903. The molecule has 0 aromatic carbocycles. The van der Waals surface area contributed by atoms with E-state index < -0.39 is 11.7 Å². The van der Waals surface area contributed by atoms with Crippen molar-refractivity contribution in [3.8, 4) is 11.9 Å². The largest absolute Gasteiger partial charge is 0.478 e. The molecule has 166 valence electrons. The van der Waals surface area contributed by atoms with E-state index in [0.29, 0.717) is 41.7 Å². The molecule has 1 saturated heterocycles. The van der Waals surface area contributed by atoms with Crippen molar-refractivity contribution in [3.63, 3.8) is 0 Å². The van der Waals surface area contributed by atoms with Gasteiger partial charge in [-0.25, -0.2) is 9.97 Å². The molecule has 2 aromatic rings. The molecule has 0 amide bonds. The van der Waals surface area contributed by atoms with Crippen LogP contribution in [0.4, 0.5) is 19.0 Å². The third-order valence-corrected chi connectivity index (χ3v) is 5.54. The number of aromatic nitrogens is 3. The number of alkyl halides is 3. The Morgan fingerprint density at radius 2 is 2.00 bits per heavy atom. The highest BCUT2D eigenvalue weighted by Crippen LogP contribution is 2.31. The van der Waals surface area contributed by atoms with Crippen molar-refractivity contribution in [2.24, 2.45) is 11.8 Å². The van der Waals surface area contributed by atoms with Crippen LogP contribution in [0.1, 0.15) is 49.7 Å². The standard InChI is InChI=1S/C22H26F3N5O/c1-15(7-10-31-21-12-19(13-26)28-16(2)29-21)11-17-5-8-30(9-6-17)20-4-3-18(14-27-20)22(23,24)25/h3-4,12,14-15,17H,5-11H2,1-2H3. The van der Waals surface area contributed by atoms with Crippen molar-refractivity contribution >= 4 is 5.82 Å². The molecule has 3 heterocycles. The molecule has 0 saturated carbocycles. The van der Waals surface area contributed by atoms with Crippen LogP contribution in [-0.2, 0) is 6.18 Å². The van der Waals surface area contributed by atoms with Crippen LogP contribution in [0.2, 0.25) is 0 Å². The van der Waals surface area contributed by atoms with Gasteiger partial charge in [0, 0.05) is 25.4 Å². The third kappa shape index (κ3) is 6.54. The number of ether oxygens (including phenoxy) is 1. The monoisotopic (exact) mass is 433 g/mol. The van der Waals surface area contributed by atoms with E-state index in [1.54, 1.807) is 13.0 Å². The average Bonchev–Trinajstić information content (AvgIpc) is 2.73. The number of nitriles is 1. The zero-order valence-corrected chi connectivity index (χ0v) is 17.7. The summed E-state index contributed by atoms with van der Waals surface area (Å²) in [6.07, 6.45) is 0.482. The van der Waals surface area contributed by atoms with Crippen LogP contribution in [0.3, 0.4) is 0 Å². The van der Waals surface area contributed by atoms with Crippen molar-refractivity contribution in [2.75, 3.05) is 24.6 Å². The summed E-state index contributed by atoms with van der Waals surface area (Å²) in [5.74, 6) is 2.58. The van der Waals surface area contributed by atoms with Gasteiger partial charge in [-0.15, -0.1) is 0 Å². The van der Waals surface area contributed by atoms with Gasteiger partial charge >= 0.3 is 6.18 Å². The maximum Gasteiger partial charge on any atom is 0.417 e. The smallest absolute Gasteiger partial charge is 0.417 e. The Balaban J connectivity index is 1.40. The topological polar surface area (TPSA) is 74.9 Å². The molecular formula is C22H26F3N5O. The first-order valence-electron chi connectivity index (χ1n) is 10.4. The molecule has 0 N–H and O–H groups in total. The molecule has 2 aromatic heterocycles. The molecule has 6 nitrogen and oxygen atoms in total. The number of halogens is 3. The highest BCUT2D eigenvalue weighted by atomic mass is 19.4. The average molecular weight is 433 g/mol. The Hall–Kier alpha value is -2.89. The minimum absolute atomic E-state index is 0.296. The molecule has 1 unspecified atom stereocenters. The van der Waals surface area contributed by atoms with E-state index in [9.17, 15) is 13.2 Å². The van der Waals surface area contributed by atoms with Crippen molar-refractivity contribution in [1.29, 1.82) is 5.26 Å². The highest BCUT2D eigenvalue weighted by molar-refractivity contribution is 5.40. The van der Waals surface area contributed by atoms with Gasteiger partial charge in [-0.05, 0) is 56.6 Å². The summed E-state index contributed by atoms with van der Waals surface area (Å²) in [6, 6.07) is 6.09. The first-order chi connectivity index (χ1) is 14.7. The summed E-state index contributed by atoms with van der Waals surface area (Å²) in [4.78, 5) is 14.2. The Labute approximate surface area is 180 Å². The zero-order valence-electron chi connectivity index (χ0n) is 17.7. The van der Waals surface area contributed by atoms with Crippen molar-refractivity contribution in [1.82, 2.24) is 15.0 Å². The maximum absolute atomic E-state index is 12.7.